The molecule has 4 aliphatic rings. The van der Waals surface area contributed by atoms with Gasteiger partial charge in [0.1, 0.15) is 6.29 Å². The Labute approximate surface area is 128 Å². The number of fused-ring (bicyclic) bond motifs is 4. The Morgan fingerprint density at radius 3 is 2.76 bits per heavy atom. The Hall–Kier alpha value is -0.850. The summed E-state index contributed by atoms with van der Waals surface area (Å²) in [6, 6.07) is 0. The fourth-order valence-electron chi connectivity index (χ4n) is 6.37. The van der Waals surface area contributed by atoms with Crippen molar-refractivity contribution >= 4 is 6.29 Å². The lowest BCUT2D eigenvalue weighted by Crippen LogP contribution is -2.43. The molecule has 0 radical (unpaired) electrons. The van der Waals surface area contributed by atoms with Gasteiger partial charge in [0.05, 0.1) is 0 Å². The van der Waals surface area contributed by atoms with Crippen molar-refractivity contribution in [3.63, 3.8) is 0 Å². The zero-order valence-electron chi connectivity index (χ0n) is 13.7. The van der Waals surface area contributed by atoms with E-state index in [1.54, 1.807) is 0 Å². The third-order valence-electron chi connectivity index (χ3n) is 7.87. The molecule has 0 bridgehead atoms. The van der Waals surface area contributed by atoms with E-state index in [1.807, 2.05) is 0 Å². The standard InChI is InChI=1S/C20H28O/c1-12(2)15-5-6-19(3)10-18-16(8-17(15)19)13(11-21)7-14-9-20(14,18)4/h7,11,14-18H,1,5-6,8-10H2,2-4H3/t14-,15?,16-,17+,18+,19-,20+/m1/s1. The van der Waals surface area contributed by atoms with Crippen molar-refractivity contribution in [2.75, 3.05) is 0 Å². The first-order valence-electron chi connectivity index (χ1n) is 8.71. The zero-order chi connectivity index (χ0) is 15.0. The fourth-order valence-corrected chi connectivity index (χ4v) is 6.37. The Kier molecular flexibility index (Phi) is 2.70. The van der Waals surface area contributed by atoms with Crippen LogP contribution in [0.3, 0.4) is 0 Å². The molecule has 0 saturated heterocycles. The molecule has 1 unspecified atom stereocenters. The highest BCUT2D eigenvalue weighted by molar-refractivity contribution is 5.75. The number of hydrogen-bond donors (Lipinski definition) is 0. The molecule has 0 aromatic heterocycles. The van der Waals surface area contributed by atoms with Crippen molar-refractivity contribution in [3.05, 3.63) is 23.8 Å². The molecule has 114 valence electrons. The Morgan fingerprint density at radius 1 is 1.33 bits per heavy atom. The third kappa shape index (κ3) is 1.72. The van der Waals surface area contributed by atoms with E-state index < -0.39 is 0 Å². The molecular weight excluding hydrogens is 256 g/mol. The molecule has 3 saturated carbocycles. The van der Waals surface area contributed by atoms with E-state index in [0.29, 0.717) is 28.6 Å². The summed E-state index contributed by atoms with van der Waals surface area (Å²) >= 11 is 0. The first-order chi connectivity index (χ1) is 9.89. The van der Waals surface area contributed by atoms with Crippen LogP contribution in [0.15, 0.2) is 23.8 Å². The summed E-state index contributed by atoms with van der Waals surface area (Å²) in [6.45, 7) is 11.5. The molecule has 0 N–H and O–H groups in total. The third-order valence-corrected chi connectivity index (χ3v) is 7.87. The summed E-state index contributed by atoms with van der Waals surface area (Å²) in [7, 11) is 0. The van der Waals surface area contributed by atoms with Gasteiger partial charge in [-0.1, -0.05) is 32.1 Å². The quantitative estimate of drug-likeness (QED) is 0.526. The lowest BCUT2D eigenvalue weighted by molar-refractivity contribution is -0.106. The number of carbonyl (C=O) groups excluding carboxylic acids is 1. The van der Waals surface area contributed by atoms with Gasteiger partial charge in [0.25, 0.3) is 0 Å². The number of carbonyl (C=O) groups is 1. The van der Waals surface area contributed by atoms with Crippen molar-refractivity contribution in [3.8, 4) is 0 Å². The molecule has 0 aromatic carbocycles. The normalized spacial score (nSPS) is 54.0. The van der Waals surface area contributed by atoms with Crippen molar-refractivity contribution in [1.82, 2.24) is 0 Å². The van der Waals surface area contributed by atoms with E-state index in [4.69, 9.17) is 0 Å². The summed E-state index contributed by atoms with van der Waals surface area (Å²) in [4.78, 5) is 11.6. The number of allylic oxidation sites excluding steroid dienone is 3. The Bertz CT molecular complexity index is 544. The molecule has 3 fully saturated rings. The average Bonchev–Trinajstić information content (AvgIpc) is 2.98. The number of rotatable bonds is 2. The molecule has 7 atom stereocenters. The summed E-state index contributed by atoms with van der Waals surface area (Å²) in [5.74, 6) is 3.41. The number of hydrogen-bond acceptors (Lipinski definition) is 1. The minimum atomic E-state index is 0.492. The topological polar surface area (TPSA) is 17.1 Å². The molecule has 0 heterocycles. The summed E-state index contributed by atoms with van der Waals surface area (Å²) in [5, 5.41) is 0. The van der Waals surface area contributed by atoms with Crippen molar-refractivity contribution < 1.29 is 4.79 Å². The number of aldehydes is 1. The molecule has 4 rings (SSSR count). The summed E-state index contributed by atoms with van der Waals surface area (Å²) in [6.07, 6.45) is 10.0. The molecule has 0 amide bonds. The predicted octanol–water partition coefficient (Wildman–Crippen LogP) is 4.79. The smallest absolute Gasteiger partial charge is 0.146 e. The van der Waals surface area contributed by atoms with Crippen molar-refractivity contribution in [1.29, 1.82) is 0 Å². The van der Waals surface area contributed by atoms with Gasteiger partial charge in [-0.15, -0.1) is 0 Å². The first-order valence-corrected chi connectivity index (χ1v) is 8.71. The van der Waals surface area contributed by atoms with E-state index in [9.17, 15) is 4.79 Å². The van der Waals surface area contributed by atoms with Crippen LogP contribution in [0.5, 0.6) is 0 Å². The lowest BCUT2D eigenvalue weighted by Gasteiger charge is -2.50. The van der Waals surface area contributed by atoms with E-state index >= 15 is 0 Å². The first kappa shape index (κ1) is 13.8. The molecule has 0 aliphatic heterocycles. The second kappa shape index (κ2) is 4.12. The Morgan fingerprint density at radius 2 is 2.10 bits per heavy atom. The van der Waals surface area contributed by atoms with E-state index in [0.717, 1.165) is 17.4 Å². The minimum Gasteiger partial charge on any atom is -0.298 e. The molecule has 1 heteroatoms. The van der Waals surface area contributed by atoms with Crippen molar-refractivity contribution in [2.45, 2.75) is 52.9 Å². The molecule has 4 aliphatic carbocycles. The largest absolute Gasteiger partial charge is 0.298 e. The predicted molar refractivity (Wildman–Crippen MR) is 85.7 cm³/mol. The van der Waals surface area contributed by atoms with Crippen molar-refractivity contribution in [2.24, 2.45) is 40.4 Å². The average molecular weight is 284 g/mol. The van der Waals surface area contributed by atoms with Gasteiger partial charge in [-0.25, -0.2) is 0 Å². The van der Waals surface area contributed by atoms with Gasteiger partial charge in [-0.2, -0.15) is 0 Å². The van der Waals surface area contributed by atoms with Gasteiger partial charge in [0.15, 0.2) is 0 Å². The molecule has 0 spiro atoms. The van der Waals surface area contributed by atoms with Gasteiger partial charge in [-0.3, -0.25) is 4.79 Å². The highest BCUT2D eigenvalue weighted by Crippen LogP contribution is 2.71. The van der Waals surface area contributed by atoms with Crippen LogP contribution in [0.2, 0.25) is 0 Å². The maximum Gasteiger partial charge on any atom is 0.146 e. The second-order valence-electron chi connectivity index (χ2n) is 9.01. The molecular formula is C20H28O. The minimum absolute atomic E-state index is 0.492. The molecule has 21 heavy (non-hydrogen) atoms. The van der Waals surface area contributed by atoms with E-state index in [-0.39, 0.29) is 0 Å². The second-order valence-corrected chi connectivity index (χ2v) is 9.01. The van der Waals surface area contributed by atoms with Crippen LogP contribution in [0, 0.1) is 40.4 Å². The highest BCUT2D eigenvalue weighted by Gasteiger charge is 2.64. The zero-order valence-corrected chi connectivity index (χ0v) is 13.7. The fraction of sp³-hybridized carbons (Fsp3) is 0.750. The summed E-state index contributed by atoms with van der Waals surface area (Å²) in [5.41, 5.74) is 3.50. The van der Waals surface area contributed by atoms with Gasteiger partial charge in [0, 0.05) is 0 Å². The Balaban J connectivity index is 1.71. The van der Waals surface area contributed by atoms with Crippen LogP contribution in [-0.2, 0) is 4.79 Å². The van der Waals surface area contributed by atoms with Crippen LogP contribution in [0.1, 0.15) is 52.9 Å². The van der Waals surface area contributed by atoms with Crippen LogP contribution in [0.4, 0.5) is 0 Å². The van der Waals surface area contributed by atoms with Gasteiger partial charge in [0.2, 0.25) is 0 Å². The van der Waals surface area contributed by atoms with Crippen LogP contribution in [0.25, 0.3) is 0 Å². The van der Waals surface area contributed by atoms with Gasteiger partial charge < -0.3 is 0 Å². The van der Waals surface area contributed by atoms with Gasteiger partial charge in [-0.05, 0) is 85.0 Å². The van der Waals surface area contributed by atoms with Crippen LogP contribution < -0.4 is 0 Å². The molecule has 0 aromatic rings. The monoisotopic (exact) mass is 284 g/mol. The maximum absolute atomic E-state index is 11.6. The summed E-state index contributed by atoms with van der Waals surface area (Å²) < 4.78 is 0. The van der Waals surface area contributed by atoms with Crippen LogP contribution >= 0.6 is 0 Å². The highest BCUT2D eigenvalue weighted by atomic mass is 16.1. The SMILES string of the molecule is C=C(C)C1CC[C@]2(C)C[C@H]3[C@H](C[C@@H]12)C(C=O)=C[C@@H]1C[C@@]13C. The lowest BCUT2D eigenvalue weighted by atomic mass is 9.54. The molecule has 1 nitrogen and oxygen atoms in total. The van der Waals surface area contributed by atoms with E-state index in [2.05, 4.69) is 33.4 Å². The van der Waals surface area contributed by atoms with Crippen LogP contribution in [-0.4, -0.2) is 6.29 Å². The van der Waals surface area contributed by atoms with Gasteiger partial charge >= 0.3 is 0 Å². The van der Waals surface area contributed by atoms with E-state index in [1.165, 1.54) is 44.0 Å². The maximum atomic E-state index is 11.6.